The summed E-state index contributed by atoms with van der Waals surface area (Å²) in [6.45, 7) is 2.16. The van der Waals surface area contributed by atoms with Gasteiger partial charge in [0.25, 0.3) is 10.1 Å². The lowest BCUT2D eigenvalue weighted by molar-refractivity contribution is -0.216. The Morgan fingerprint density at radius 3 is 1.92 bits per heavy atom. The molecule has 0 aliphatic carbocycles. The SMILES string of the molecule is COc1cc(C2(C(C)OS(C)(=O)=O)OCCO2)cc(OC)c1OC. The van der Waals surface area contributed by atoms with E-state index in [-0.39, 0.29) is 0 Å². The van der Waals surface area contributed by atoms with Crippen LogP contribution in [0.15, 0.2) is 12.1 Å². The fraction of sp³-hybridized carbons (Fsp3) is 0.600. The molecule has 0 aromatic heterocycles. The predicted molar refractivity (Wildman–Crippen MR) is 85.1 cm³/mol. The summed E-state index contributed by atoms with van der Waals surface area (Å²) in [5, 5.41) is 0. The molecule has 0 amide bonds. The van der Waals surface area contributed by atoms with Crippen molar-refractivity contribution in [2.45, 2.75) is 18.8 Å². The van der Waals surface area contributed by atoms with Gasteiger partial charge in [0.15, 0.2) is 11.5 Å². The molecule has 0 radical (unpaired) electrons. The molecule has 1 saturated heterocycles. The van der Waals surface area contributed by atoms with Gasteiger partial charge in [0.05, 0.1) is 40.8 Å². The Morgan fingerprint density at radius 2 is 1.54 bits per heavy atom. The maximum Gasteiger partial charge on any atom is 0.264 e. The molecule has 24 heavy (non-hydrogen) atoms. The molecule has 1 aromatic rings. The molecule has 8 nitrogen and oxygen atoms in total. The molecular weight excluding hydrogens is 340 g/mol. The molecule has 1 fully saturated rings. The molecule has 1 aromatic carbocycles. The molecule has 1 unspecified atom stereocenters. The van der Waals surface area contributed by atoms with Crippen molar-refractivity contribution in [2.75, 3.05) is 40.8 Å². The van der Waals surface area contributed by atoms with E-state index >= 15 is 0 Å². The lowest BCUT2D eigenvalue weighted by Crippen LogP contribution is -2.41. The van der Waals surface area contributed by atoms with Gasteiger partial charge < -0.3 is 23.7 Å². The van der Waals surface area contributed by atoms with E-state index in [0.717, 1.165) is 6.26 Å². The van der Waals surface area contributed by atoms with Gasteiger partial charge in [0.2, 0.25) is 11.5 Å². The normalized spacial score (nSPS) is 18.2. The van der Waals surface area contributed by atoms with Crippen LogP contribution in [0.2, 0.25) is 0 Å². The van der Waals surface area contributed by atoms with Gasteiger partial charge in [-0.1, -0.05) is 0 Å². The van der Waals surface area contributed by atoms with Crippen molar-refractivity contribution in [3.63, 3.8) is 0 Å². The van der Waals surface area contributed by atoms with Crippen LogP contribution in [0, 0.1) is 0 Å². The Bertz CT molecular complexity index is 654. The minimum absolute atomic E-state index is 0.300. The minimum atomic E-state index is -3.70. The van der Waals surface area contributed by atoms with Crippen molar-refractivity contribution in [2.24, 2.45) is 0 Å². The second-order valence-electron chi connectivity index (χ2n) is 5.22. The summed E-state index contributed by atoms with van der Waals surface area (Å²) in [7, 11) is 0.769. The van der Waals surface area contributed by atoms with Crippen LogP contribution in [0.4, 0.5) is 0 Å². The average Bonchev–Trinajstić information content (AvgIpc) is 3.02. The molecule has 0 saturated carbocycles. The van der Waals surface area contributed by atoms with Gasteiger partial charge in [0, 0.05) is 5.56 Å². The zero-order valence-corrected chi connectivity index (χ0v) is 15.1. The Labute approximate surface area is 141 Å². The van der Waals surface area contributed by atoms with E-state index in [2.05, 4.69) is 0 Å². The van der Waals surface area contributed by atoms with Gasteiger partial charge in [-0.2, -0.15) is 8.42 Å². The summed E-state index contributed by atoms with van der Waals surface area (Å²) in [5.74, 6) is -0.182. The molecule has 1 atom stereocenters. The van der Waals surface area contributed by atoms with Crippen LogP contribution in [0.25, 0.3) is 0 Å². The molecule has 1 aliphatic heterocycles. The molecular formula is C15H22O8S. The Hall–Kier alpha value is -1.55. The van der Waals surface area contributed by atoms with Gasteiger partial charge in [0.1, 0.15) is 6.10 Å². The third kappa shape index (κ3) is 3.59. The first-order valence-electron chi connectivity index (χ1n) is 7.24. The smallest absolute Gasteiger partial charge is 0.264 e. The van der Waals surface area contributed by atoms with Gasteiger partial charge in [-0.25, -0.2) is 0 Å². The Kier molecular flexibility index (Phi) is 5.59. The number of benzene rings is 1. The summed E-state index contributed by atoms with van der Waals surface area (Å²) in [4.78, 5) is 0. The number of hydrogen-bond donors (Lipinski definition) is 0. The van der Waals surface area contributed by atoms with Crippen molar-refractivity contribution in [3.8, 4) is 17.2 Å². The average molecular weight is 362 g/mol. The first kappa shape index (κ1) is 18.8. The van der Waals surface area contributed by atoms with Crippen molar-refractivity contribution in [1.29, 1.82) is 0 Å². The number of methoxy groups -OCH3 is 3. The van der Waals surface area contributed by atoms with Crippen LogP contribution in [-0.2, 0) is 29.6 Å². The number of ether oxygens (including phenoxy) is 5. The quantitative estimate of drug-likeness (QED) is 0.670. The zero-order valence-electron chi connectivity index (χ0n) is 14.3. The van der Waals surface area contributed by atoms with Crippen molar-refractivity contribution in [1.82, 2.24) is 0 Å². The van der Waals surface area contributed by atoms with Crippen molar-refractivity contribution in [3.05, 3.63) is 17.7 Å². The van der Waals surface area contributed by atoms with Gasteiger partial charge >= 0.3 is 0 Å². The highest BCUT2D eigenvalue weighted by atomic mass is 32.2. The summed E-state index contributed by atoms with van der Waals surface area (Å²) in [5.41, 5.74) is 0.505. The summed E-state index contributed by atoms with van der Waals surface area (Å²) in [6.07, 6.45) is 0.0549. The number of hydrogen-bond acceptors (Lipinski definition) is 8. The molecule has 0 bridgehead atoms. The first-order chi connectivity index (χ1) is 11.3. The van der Waals surface area contributed by atoms with Gasteiger partial charge in [-0.15, -0.1) is 0 Å². The second kappa shape index (κ2) is 7.14. The second-order valence-corrected chi connectivity index (χ2v) is 6.82. The third-order valence-electron chi connectivity index (χ3n) is 3.64. The molecule has 9 heteroatoms. The van der Waals surface area contributed by atoms with Gasteiger partial charge in [-0.3, -0.25) is 4.18 Å². The lowest BCUT2D eigenvalue weighted by atomic mass is 9.99. The van der Waals surface area contributed by atoms with E-state index in [1.165, 1.54) is 21.3 Å². The Morgan fingerprint density at radius 1 is 1.04 bits per heavy atom. The number of rotatable bonds is 7. The Balaban J connectivity index is 2.56. The minimum Gasteiger partial charge on any atom is -0.493 e. The first-order valence-corrected chi connectivity index (χ1v) is 9.05. The molecule has 1 heterocycles. The van der Waals surface area contributed by atoms with Crippen LogP contribution in [0.3, 0.4) is 0 Å². The highest BCUT2D eigenvalue weighted by Gasteiger charge is 2.47. The van der Waals surface area contributed by atoms with E-state index in [9.17, 15) is 8.42 Å². The van der Waals surface area contributed by atoms with Crippen LogP contribution in [0.5, 0.6) is 17.2 Å². The van der Waals surface area contributed by atoms with Crippen LogP contribution >= 0.6 is 0 Å². The maximum atomic E-state index is 11.5. The zero-order chi connectivity index (χ0) is 18.0. The summed E-state index contributed by atoms with van der Waals surface area (Å²) in [6, 6.07) is 3.30. The predicted octanol–water partition coefficient (Wildman–Crippen LogP) is 1.28. The van der Waals surface area contributed by atoms with E-state index in [1.807, 2.05) is 0 Å². The summed E-state index contributed by atoms with van der Waals surface area (Å²) >= 11 is 0. The molecule has 0 spiro atoms. The van der Waals surface area contributed by atoms with Crippen molar-refractivity contribution < 1.29 is 36.3 Å². The topological polar surface area (TPSA) is 89.5 Å². The van der Waals surface area contributed by atoms with E-state index in [0.29, 0.717) is 36.0 Å². The molecule has 1 aliphatic rings. The molecule has 0 N–H and O–H groups in total. The van der Waals surface area contributed by atoms with Crippen molar-refractivity contribution >= 4 is 10.1 Å². The highest BCUT2D eigenvalue weighted by Crippen LogP contribution is 2.45. The fourth-order valence-corrected chi connectivity index (χ4v) is 3.32. The third-order valence-corrected chi connectivity index (χ3v) is 4.28. The standard InChI is InChI=1S/C15H22O8S/c1-10(23-24(5,16)17)15(21-6-7-22-15)11-8-12(18-2)14(20-4)13(9-11)19-3/h8-10H,6-7H2,1-5H3. The van der Waals surface area contributed by atoms with Gasteiger partial charge in [-0.05, 0) is 19.1 Å². The van der Waals surface area contributed by atoms with Crippen LogP contribution in [0.1, 0.15) is 12.5 Å². The lowest BCUT2D eigenvalue weighted by Gasteiger charge is -2.33. The van der Waals surface area contributed by atoms with E-state index in [1.54, 1.807) is 19.1 Å². The molecule has 2 rings (SSSR count). The maximum absolute atomic E-state index is 11.5. The van der Waals surface area contributed by atoms with Crippen LogP contribution < -0.4 is 14.2 Å². The fourth-order valence-electron chi connectivity index (χ4n) is 2.67. The monoisotopic (exact) mass is 362 g/mol. The highest BCUT2D eigenvalue weighted by molar-refractivity contribution is 7.86. The van der Waals surface area contributed by atoms with Crippen LogP contribution in [-0.4, -0.2) is 55.3 Å². The largest absolute Gasteiger partial charge is 0.493 e. The van der Waals surface area contributed by atoms with E-state index < -0.39 is 22.0 Å². The van der Waals surface area contributed by atoms with E-state index in [4.69, 9.17) is 27.9 Å². The molecule has 136 valence electrons. The summed E-state index contributed by atoms with van der Waals surface area (Å²) < 4.78 is 55.6.